The quantitative estimate of drug-likeness (QED) is 0.715. The minimum absolute atomic E-state index is 0.114. The van der Waals surface area contributed by atoms with Crippen LogP contribution in [0.5, 0.6) is 0 Å². The second-order valence-electron chi connectivity index (χ2n) is 6.07. The molecule has 0 unspecified atom stereocenters. The molecule has 116 valence electrons. The Morgan fingerprint density at radius 1 is 1.29 bits per heavy atom. The van der Waals surface area contributed by atoms with Crippen LogP contribution in [-0.2, 0) is 5.54 Å². The third-order valence-corrected chi connectivity index (χ3v) is 3.57. The maximum absolute atomic E-state index is 12.0. The summed E-state index contributed by atoms with van der Waals surface area (Å²) in [5.74, 6) is 0. The Labute approximate surface area is 128 Å². The van der Waals surface area contributed by atoms with E-state index in [-0.39, 0.29) is 6.03 Å². The molecule has 3 nitrogen and oxygen atoms in total. The number of rotatable bonds is 7. The van der Waals surface area contributed by atoms with Crippen molar-refractivity contribution in [1.82, 2.24) is 10.6 Å². The summed E-state index contributed by atoms with van der Waals surface area (Å²) in [5.41, 5.74) is 2.79. The molecule has 0 bridgehead atoms. The van der Waals surface area contributed by atoms with Crippen LogP contribution in [0.25, 0.3) is 5.57 Å². The van der Waals surface area contributed by atoms with E-state index in [4.69, 9.17) is 0 Å². The van der Waals surface area contributed by atoms with Crippen molar-refractivity contribution < 1.29 is 4.79 Å². The van der Waals surface area contributed by atoms with Gasteiger partial charge < -0.3 is 10.6 Å². The lowest BCUT2D eigenvalue weighted by Crippen LogP contribution is -2.46. The van der Waals surface area contributed by atoms with Gasteiger partial charge in [0.15, 0.2) is 0 Å². The van der Waals surface area contributed by atoms with Crippen LogP contribution in [0.1, 0.15) is 58.1 Å². The molecule has 0 aliphatic rings. The highest BCUT2D eigenvalue weighted by molar-refractivity contribution is 5.75. The molecule has 0 fully saturated rings. The molecule has 21 heavy (non-hydrogen) atoms. The SMILES string of the molecule is C=C(C)c1cccc(C(C)(C)NC(=O)NCCCCC)c1. The summed E-state index contributed by atoms with van der Waals surface area (Å²) in [7, 11) is 0. The first-order valence-corrected chi connectivity index (χ1v) is 7.69. The molecular formula is C18H28N2O. The summed E-state index contributed by atoms with van der Waals surface area (Å²) < 4.78 is 0. The molecule has 0 saturated carbocycles. The van der Waals surface area contributed by atoms with Crippen LogP contribution in [-0.4, -0.2) is 12.6 Å². The molecule has 0 radical (unpaired) electrons. The van der Waals surface area contributed by atoms with E-state index >= 15 is 0 Å². The third-order valence-electron chi connectivity index (χ3n) is 3.57. The van der Waals surface area contributed by atoms with Crippen LogP contribution in [0.4, 0.5) is 4.79 Å². The van der Waals surface area contributed by atoms with Crippen LogP contribution in [0.3, 0.4) is 0 Å². The van der Waals surface area contributed by atoms with Gasteiger partial charge in [0.1, 0.15) is 0 Å². The van der Waals surface area contributed by atoms with Gasteiger partial charge in [-0.3, -0.25) is 0 Å². The average molecular weight is 288 g/mol. The fourth-order valence-electron chi connectivity index (χ4n) is 2.15. The summed E-state index contributed by atoms with van der Waals surface area (Å²) in [5, 5.41) is 5.95. The molecule has 0 saturated heterocycles. The van der Waals surface area contributed by atoms with E-state index in [0.717, 1.165) is 42.5 Å². The van der Waals surface area contributed by atoms with Crippen molar-refractivity contribution in [1.29, 1.82) is 0 Å². The highest BCUT2D eigenvalue weighted by atomic mass is 16.2. The van der Waals surface area contributed by atoms with Crippen molar-refractivity contribution in [3.63, 3.8) is 0 Å². The predicted octanol–water partition coefficient (Wildman–Crippen LogP) is 4.44. The van der Waals surface area contributed by atoms with E-state index in [0.29, 0.717) is 0 Å². The van der Waals surface area contributed by atoms with E-state index in [2.05, 4.69) is 30.2 Å². The molecule has 0 heterocycles. The Morgan fingerprint density at radius 3 is 2.62 bits per heavy atom. The second-order valence-corrected chi connectivity index (χ2v) is 6.07. The predicted molar refractivity (Wildman–Crippen MR) is 90.2 cm³/mol. The van der Waals surface area contributed by atoms with E-state index in [1.165, 1.54) is 0 Å². The molecule has 0 spiro atoms. The van der Waals surface area contributed by atoms with Gasteiger partial charge in [-0.15, -0.1) is 0 Å². The van der Waals surface area contributed by atoms with Gasteiger partial charge in [-0.25, -0.2) is 4.79 Å². The van der Waals surface area contributed by atoms with Gasteiger partial charge in [0.2, 0.25) is 0 Å². The number of unbranched alkanes of at least 4 members (excludes halogenated alkanes) is 2. The lowest BCUT2D eigenvalue weighted by atomic mass is 9.92. The zero-order chi connectivity index (χ0) is 15.9. The molecule has 0 aliphatic heterocycles. The number of urea groups is 1. The fraction of sp³-hybridized carbons (Fsp3) is 0.500. The number of hydrogen-bond donors (Lipinski definition) is 2. The lowest BCUT2D eigenvalue weighted by molar-refractivity contribution is 0.230. The van der Waals surface area contributed by atoms with Gasteiger partial charge in [-0.2, -0.15) is 0 Å². The van der Waals surface area contributed by atoms with Crippen LogP contribution >= 0.6 is 0 Å². The van der Waals surface area contributed by atoms with Gasteiger partial charge in [0.05, 0.1) is 5.54 Å². The Morgan fingerprint density at radius 2 is 2.00 bits per heavy atom. The highest BCUT2D eigenvalue weighted by Crippen LogP contribution is 2.23. The summed E-state index contributed by atoms with van der Waals surface area (Å²) in [6, 6.07) is 8.04. The summed E-state index contributed by atoms with van der Waals surface area (Å²) >= 11 is 0. The third kappa shape index (κ3) is 5.62. The minimum atomic E-state index is -0.416. The van der Waals surface area contributed by atoms with Gasteiger partial charge in [-0.1, -0.05) is 50.1 Å². The largest absolute Gasteiger partial charge is 0.338 e. The lowest BCUT2D eigenvalue weighted by Gasteiger charge is -2.27. The summed E-state index contributed by atoms with van der Waals surface area (Å²) in [4.78, 5) is 12.0. The van der Waals surface area contributed by atoms with Crippen molar-refractivity contribution in [3.8, 4) is 0 Å². The highest BCUT2D eigenvalue weighted by Gasteiger charge is 2.22. The van der Waals surface area contributed by atoms with E-state index in [1.807, 2.05) is 39.0 Å². The molecule has 0 atom stereocenters. The van der Waals surface area contributed by atoms with Crippen molar-refractivity contribution in [2.75, 3.05) is 6.54 Å². The Balaban J connectivity index is 2.65. The number of carbonyl (C=O) groups is 1. The number of amides is 2. The van der Waals surface area contributed by atoms with E-state index < -0.39 is 5.54 Å². The number of allylic oxidation sites excluding steroid dienone is 1. The second kappa shape index (κ2) is 7.87. The first kappa shape index (κ1) is 17.3. The van der Waals surface area contributed by atoms with Gasteiger partial charge in [0, 0.05) is 6.54 Å². The Kier molecular flexibility index (Phi) is 6.47. The van der Waals surface area contributed by atoms with E-state index in [9.17, 15) is 4.79 Å². The normalized spacial score (nSPS) is 11.0. The number of hydrogen-bond acceptors (Lipinski definition) is 1. The van der Waals surface area contributed by atoms with Crippen molar-refractivity contribution >= 4 is 11.6 Å². The molecule has 0 aliphatic carbocycles. The van der Waals surface area contributed by atoms with Gasteiger partial charge >= 0.3 is 6.03 Å². The van der Waals surface area contributed by atoms with E-state index in [1.54, 1.807) is 0 Å². The molecule has 1 aromatic carbocycles. The molecule has 2 N–H and O–H groups in total. The van der Waals surface area contributed by atoms with Crippen LogP contribution < -0.4 is 10.6 Å². The zero-order valence-corrected chi connectivity index (χ0v) is 13.8. The van der Waals surface area contributed by atoms with Crippen molar-refractivity contribution in [2.24, 2.45) is 0 Å². The number of carbonyl (C=O) groups excluding carboxylic acids is 1. The monoisotopic (exact) mass is 288 g/mol. The molecular weight excluding hydrogens is 260 g/mol. The molecule has 2 amide bonds. The molecule has 1 rings (SSSR count). The van der Waals surface area contributed by atoms with Crippen molar-refractivity contribution in [3.05, 3.63) is 42.0 Å². The first-order chi connectivity index (χ1) is 9.86. The minimum Gasteiger partial charge on any atom is -0.338 e. The topological polar surface area (TPSA) is 41.1 Å². The Bertz CT molecular complexity index is 492. The van der Waals surface area contributed by atoms with Crippen LogP contribution in [0.2, 0.25) is 0 Å². The average Bonchev–Trinajstić information content (AvgIpc) is 2.43. The van der Waals surface area contributed by atoms with Crippen LogP contribution in [0, 0.1) is 0 Å². The van der Waals surface area contributed by atoms with Crippen molar-refractivity contribution in [2.45, 2.75) is 52.5 Å². The molecule has 3 heteroatoms. The van der Waals surface area contributed by atoms with Gasteiger partial charge in [-0.05, 0) is 44.4 Å². The summed E-state index contributed by atoms with van der Waals surface area (Å²) in [6.45, 7) is 12.8. The van der Waals surface area contributed by atoms with Gasteiger partial charge in [0.25, 0.3) is 0 Å². The summed E-state index contributed by atoms with van der Waals surface area (Å²) in [6.07, 6.45) is 3.32. The number of nitrogens with one attached hydrogen (secondary N) is 2. The molecule has 1 aromatic rings. The maximum Gasteiger partial charge on any atom is 0.315 e. The standard InChI is InChI=1S/C18H28N2O/c1-6-7-8-12-19-17(21)20-18(4,5)16-11-9-10-15(13-16)14(2)3/h9-11,13H,2,6-8,12H2,1,3-5H3,(H2,19,20,21). The smallest absolute Gasteiger partial charge is 0.315 e. The fourth-order valence-corrected chi connectivity index (χ4v) is 2.15. The Hall–Kier alpha value is -1.77. The maximum atomic E-state index is 12.0. The van der Waals surface area contributed by atoms with Crippen LogP contribution in [0.15, 0.2) is 30.8 Å². The number of benzene rings is 1. The first-order valence-electron chi connectivity index (χ1n) is 7.69. The zero-order valence-electron chi connectivity index (χ0n) is 13.8. The molecule has 0 aromatic heterocycles.